The zero-order valence-corrected chi connectivity index (χ0v) is 20.7. The molecule has 0 spiro atoms. The fourth-order valence-electron chi connectivity index (χ4n) is 5.42. The maximum absolute atomic E-state index is 12.5. The molecule has 0 atom stereocenters. The van der Waals surface area contributed by atoms with Crippen LogP contribution in [-0.4, -0.2) is 15.6 Å². The molecule has 0 fully saturated rings. The molecule has 1 aliphatic carbocycles. The van der Waals surface area contributed by atoms with Gasteiger partial charge >= 0.3 is 0 Å². The van der Waals surface area contributed by atoms with E-state index in [-0.39, 0.29) is 5.78 Å². The topological polar surface area (TPSA) is 34.9 Å². The predicted octanol–water partition coefficient (Wildman–Crippen LogP) is 6.48. The van der Waals surface area contributed by atoms with Gasteiger partial charge in [0.25, 0.3) is 0 Å². The van der Waals surface area contributed by atoms with Crippen molar-refractivity contribution in [3.8, 4) is 11.3 Å². The number of ketones is 1. The maximum atomic E-state index is 12.5. The summed E-state index contributed by atoms with van der Waals surface area (Å²) in [6.07, 6.45) is 0.803. The summed E-state index contributed by atoms with van der Waals surface area (Å²) in [5.74, 6) is 0.0521. The largest absolute Gasteiger partial charge is 0.293 e. The first kappa shape index (κ1) is 21.5. The van der Waals surface area contributed by atoms with E-state index in [4.69, 9.17) is 5.10 Å². The highest BCUT2D eigenvalue weighted by molar-refractivity contribution is 5.97. The van der Waals surface area contributed by atoms with Crippen LogP contribution in [0.4, 0.5) is 0 Å². The Labute approximate surface area is 186 Å². The number of fused-ring (bicyclic) bond motifs is 3. The van der Waals surface area contributed by atoms with Crippen LogP contribution in [-0.2, 0) is 13.0 Å². The van der Waals surface area contributed by atoms with Crippen molar-refractivity contribution >= 4 is 5.78 Å². The number of carbonyl (C=O) groups excluding carboxylic acids is 1. The number of aromatic nitrogens is 2. The molecule has 31 heavy (non-hydrogen) atoms. The molecule has 0 saturated heterocycles. The standard InChI is InChI=1S/C28H34N2O/c1-13-14(2)19(7)25(20(8)15(13)3)12-30-28-24(27(29-30)22(10)31)11-23-18(6)16(4)17(5)21(9)26(23)28/h11-12H2,1-10H3. The van der Waals surface area contributed by atoms with E-state index in [9.17, 15) is 4.79 Å². The summed E-state index contributed by atoms with van der Waals surface area (Å²) in [5, 5.41) is 4.88. The SMILES string of the molecule is CC(=O)c1nn(Cc2c(C)c(C)c(C)c(C)c2C)c2c1Cc1c(C)c(C)c(C)c(C)c1-2. The Balaban J connectivity index is 2.00. The third-order valence-corrected chi connectivity index (χ3v) is 8.25. The van der Waals surface area contributed by atoms with E-state index < -0.39 is 0 Å². The van der Waals surface area contributed by atoms with Crippen LogP contribution in [0.2, 0.25) is 0 Å². The Morgan fingerprint density at radius 1 is 0.710 bits per heavy atom. The Morgan fingerprint density at radius 3 is 1.74 bits per heavy atom. The average molecular weight is 415 g/mol. The highest BCUT2D eigenvalue weighted by atomic mass is 16.1. The molecule has 1 aromatic heterocycles. The van der Waals surface area contributed by atoms with Gasteiger partial charge in [0.05, 0.1) is 12.2 Å². The van der Waals surface area contributed by atoms with Gasteiger partial charge in [0, 0.05) is 24.5 Å². The minimum Gasteiger partial charge on any atom is -0.293 e. The smallest absolute Gasteiger partial charge is 0.180 e. The second-order valence-electron chi connectivity index (χ2n) is 9.52. The third-order valence-electron chi connectivity index (χ3n) is 8.25. The molecule has 0 N–H and O–H groups in total. The van der Waals surface area contributed by atoms with E-state index in [1.54, 1.807) is 6.92 Å². The van der Waals surface area contributed by atoms with Crippen molar-refractivity contribution in [1.82, 2.24) is 9.78 Å². The van der Waals surface area contributed by atoms with Crippen LogP contribution in [0.1, 0.15) is 84.2 Å². The minimum atomic E-state index is 0.0521. The maximum Gasteiger partial charge on any atom is 0.180 e. The summed E-state index contributed by atoms with van der Waals surface area (Å²) < 4.78 is 2.11. The number of rotatable bonds is 3. The lowest BCUT2D eigenvalue weighted by molar-refractivity contribution is 0.101. The molecule has 4 rings (SSSR count). The number of nitrogens with zero attached hydrogens (tertiary/aromatic N) is 2. The Kier molecular flexibility index (Phi) is 4.99. The van der Waals surface area contributed by atoms with Crippen molar-refractivity contribution in [1.29, 1.82) is 0 Å². The van der Waals surface area contributed by atoms with Crippen molar-refractivity contribution in [2.24, 2.45) is 0 Å². The van der Waals surface area contributed by atoms with Crippen LogP contribution in [0.15, 0.2) is 0 Å². The summed E-state index contributed by atoms with van der Waals surface area (Å²) in [5.41, 5.74) is 19.0. The summed E-state index contributed by atoms with van der Waals surface area (Å²) >= 11 is 0. The molecule has 3 heteroatoms. The van der Waals surface area contributed by atoms with Crippen LogP contribution in [0.3, 0.4) is 0 Å². The number of carbonyl (C=O) groups is 1. The van der Waals surface area contributed by atoms with Gasteiger partial charge in [0.1, 0.15) is 5.69 Å². The first-order chi connectivity index (χ1) is 14.5. The van der Waals surface area contributed by atoms with Crippen LogP contribution < -0.4 is 0 Å². The molecular formula is C28H34N2O. The summed E-state index contributed by atoms with van der Waals surface area (Å²) in [6, 6.07) is 0. The quantitative estimate of drug-likeness (QED) is 0.360. The van der Waals surface area contributed by atoms with E-state index in [0.717, 1.165) is 17.7 Å². The first-order valence-corrected chi connectivity index (χ1v) is 11.2. The Bertz CT molecular complexity index is 1260. The Hall–Kier alpha value is -2.68. The fraction of sp³-hybridized carbons (Fsp3) is 0.429. The van der Waals surface area contributed by atoms with E-state index in [2.05, 4.69) is 67.0 Å². The van der Waals surface area contributed by atoms with Crippen molar-refractivity contribution in [3.63, 3.8) is 0 Å². The predicted molar refractivity (Wildman–Crippen MR) is 129 cm³/mol. The van der Waals surface area contributed by atoms with Gasteiger partial charge in [-0.15, -0.1) is 0 Å². The van der Waals surface area contributed by atoms with Crippen LogP contribution in [0.25, 0.3) is 11.3 Å². The minimum absolute atomic E-state index is 0.0521. The molecular weight excluding hydrogens is 380 g/mol. The number of benzene rings is 2. The molecule has 3 aromatic rings. The molecule has 0 amide bonds. The molecule has 1 heterocycles. The molecule has 0 unspecified atom stereocenters. The van der Waals surface area contributed by atoms with Gasteiger partial charge in [-0.05, 0) is 124 Å². The van der Waals surface area contributed by atoms with Gasteiger partial charge < -0.3 is 0 Å². The zero-order chi connectivity index (χ0) is 22.9. The molecule has 0 radical (unpaired) electrons. The molecule has 2 aromatic carbocycles. The molecule has 0 saturated carbocycles. The van der Waals surface area contributed by atoms with Gasteiger partial charge in [-0.25, -0.2) is 0 Å². The van der Waals surface area contributed by atoms with E-state index in [1.807, 2.05) is 0 Å². The summed E-state index contributed by atoms with van der Waals surface area (Å²) in [6.45, 7) is 22.3. The monoisotopic (exact) mass is 414 g/mol. The highest BCUT2D eigenvalue weighted by Crippen LogP contribution is 2.45. The molecule has 1 aliphatic rings. The second-order valence-corrected chi connectivity index (χ2v) is 9.52. The lowest BCUT2D eigenvalue weighted by atomic mass is 9.89. The van der Waals surface area contributed by atoms with Crippen molar-refractivity contribution in [2.75, 3.05) is 0 Å². The summed E-state index contributed by atoms with van der Waals surface area (Å²) in [4.78, 5) is 12.5. The lowest BCUT2D eigenvalue weighted by Gasteiger charge is -2.21. The molecule has 0 bridgehead atoms. The second kappa shape index (κ2) is 7.19. The molecule has 0 aliphatic heterocycles. The summed E-state index contributed by atoms with van der Waals surface area (Å²) in [7, 11) is 0. The zero-order valence-electron chi connectivity index (χ0n) is 20.7. The van der Waals surface area contributed by atoms with E-state index in [1.165, 1.54) is 66.8 Å². The van der Waals surface area contributed by atoms with Gasteiger partial charge in [0.2, 0.25) is 0 Å². The number of hydrogen-bond donors (Lipinski definition) is 0. The Morgan fingerprint density at radius 2 is 1.19 bits per heavy atom. The van der Waals surface area contributed by atoms with Crippen molar-refractivity contribution in [2.45, 2.75) is 82.2 Å². The van der Waals surface area contributed by atoms with Crippen molar-refractivity contribution < 1.29 is 4.79 Å². The first-order valence-electron chi connectivity index (χ1n) is 11.2. The third kappa shape index (κ3) is 2.93. The number of hydrogen-bond acceptors (Lipinski definition) is 2. The van der Waals surface area contributed by atoms with E-state index >= 15 is 0 Å². The average Bonchev–Trinajstić information content (AvgIpc) is 3.28. The number of Topliss-reactive ketones (excluding diaryl/α,β-unsaturated/α-hetero) is 1. The van der Waals surface area contributed by atoms with Gasteiger partial charge in [-0.1, -0.05) is 0 Å². The van der Waals surface area contributed by atoms with Gasteiger partial charge in [0.15, 0.2) is 5.78 Å². The van der Waals surface area contributed by atoms with Crippen molar-refractivity contribution in [3.05, 3.63) is 72.5 Å². The molecule has 162 valence electrons. The van der Waals surface area contributed by atoms with E-state index in [0.29, 0.717) is 12.2 Å². The van der Waals surface area contributed by atoms with Crippen LogP contribution in [0, 0.1) is 62.3 Å². The van der Waals surface area contributed by atoms with Gasteiger partial charge in [-0.3, -0.25) is 9.48 Å². The van der Waals surface area contributed by atoms with Crippen LogP contribution in [0.5, 0.6) is 0 Å². The lowest BCUT2D eigenvalue weighted by Crippen LogP contribution is -2.11. The normalized spacial score (nSPS) is 12.3. The highest BCUT2D eigenvalue weighted by Gasteiger charge is 2.33. The van der Waals surface area contributed by atoms with Gasteiger partial charge in [-0.2, -0.15) is 5.10 Å². The fourth-order valence-corrected chi connectivity index (χ4v) is 5.42. The molecule has 3 nitrogen and oxygen atoms in total. The van der Waals surface area contributed by atoms with Crippen LogP contribution >= 0.6 is 0 Å².